The summed E-state index contributed by atoms with van der Waals surface area (Å²) in [5.41, 5.74) is 1.45. The Balaban J connectivity index is 2.86. The van der Waals surface area contributed by atoms with Crippen LogP contribution in [0.5, 0.6) is 0 Å². The molecule has 0 saturated carbocycles. The lowest BCUT2D eigenvalue weighted by Gasteiger charge is -1.96. The first-order chi connectivity index (χ1) is 6.86. The van der Waals surface area contributed by atoms with Crippen LogP contribution in [-0.2, 0) is 0 Å². The third kappa shape index (κ3) is 1.28. The van der Waals surface area contributed by atoms with Crippen molar-refractivity contribution in [1.29, 1.82) is 5.26 Å². The van der Waals surface area contributed by atoms with E-state index in [-0.39, 0.29) is 0 Å². The van der Waals surface area contributed by atoms with Crippen molar-refractivity contribution < 1.29 is 9.01 Å². The minimum atomic E-state index is 0.627. The van der Waals surface area contributed by atoms with E-state index >= 15 is 0 Å². The largest absolute Gasteiger partial charge is 0.267 e. The smallest absolute Gasteiger partial charge is 0.198 e. The van der Waals surface area contributed by atoms with E-state index in [0.29, 0.717) is 5.56 Å². The molecule has 0 saturated heterocycles. The molecule has 0 spiro atoms. The third-order valence-corrected chi connectivity index (χ3v) is 2.19. The van der Waals surface area contributed by atoms with Gasteiger partial charge in [0.15, 0.2) is 0 Å². The van der Waals surface area contributed by atoms with Crippen molar-refractivity contribution in [3.8, 4) is 6.07 Å². The predicted molar refractivity (Wildman–Crippen MR) is 54.4 cm³/mol. The maximum Gasteiger partial charge on any atom is 0.267 e. The molecule has 1 aromatic heterocycles. The molecule has 1 aromatic carbocycles. The van der Waals surface area contributed by atoms with E-state index in [1.165, 1.54) is 4.73 Å². The molecular formula is C10H7N2OS+. The molecule has 68 valence electrons. The fourth-order valence-electron chi connectivity index (χ4n) is 1.39. The Kier molecular flexibility index (Phi) is 2.25. The van der Waals surface area contributed by atoms with E-state index in [2.05, 4.69) is 19.0 Å². The second kappa shape index (κ2) is 3.56. The van der Waals surface area contributed by atoms with Crippen LogP contribution in [-0.4, -0.2) is 0 Å². The second-order valence-corrected chi connectivity index (χ2v) is 2.93. The van der Waals surface area contributed by atoms with Gasteiger partial charge in [-0.05, 0) is 12.1 Å². The van der Waals surface area contributed by atoms with E-state index in [1.807, 2.05) is 18.2 Å². The highest BCUT2D eigenvalue weighted by Gasteiger charge is 2.11. The number of nitriles is 1. The molecule has 3 nitrogen and oxygen atoms in total. The number of hydrogen-bond acceptors (Lipinski definition) is 3. The monoisotopic (exact) mass is 203 g/mol. The molecule has 0 aliphatic carbocycles. The Hall–Kier alpha value is -1.73. The predicted octanol–water partition coefficient (Wildman–Crippen LogP) is 1.27. The lowest BCUT2D eigenvalue weighted by atomic mass is 10.1. The van der Waals surface area contributed by atoms with Crippen molar-refractivity contribution in [3.63, 3.8) is 0 Å². The standard InChI is InChI=1S/C10H6N2OS/c11-7-8-3-1-5-10-9(8)4-2-6-12(10)13-14/h1-6H/p+1. The van der Waals surface area contributed by atoms with Gasteiger partial charge in [-0.2, -0.15) is 9.55 Å². The highest BCUT2D eigenvalue weighted by molar-refractivity contribution is 7.75. The maximum absolute atomic E-state index is 8.88. The number of pyridine rings is 1. The van der Waals surface area contributed by atoms with Gasteiger partial charge in [-0.15, -0.1) is 0 Å². The molecule has 0 bridgehead atoms. The van der Waals surface area contributed by atoms with Crippen molar-refractivity contribution in [2.24, 2.45) is 0 Å². The molecule has 4 heteroatoms. The van der Waals surface area contributed by atoms with Gasteiger partial charge in [-0.1, -0.05) is 6.07 Å². The van der Waals surface area contributed by atoms with Gasteiger partial charge in [0.25, 0.3) is 5.52 Å². The van der Waals surface area contributed by atoms with Crippen molar-refractivity contribution in [1.82, 2.24) is 0 Å². The van der Waals surface area contributed by atoms with Crippen LogP contribution < -0.4 is 9.01 Å². The minimum absolute atomic E-state index is 0.627. The lowest BCUT2D eigenvalue weighted by Crippen LogP contribution is -2.37. The average molecular weight is 203 g/mol. The van der Waals surface area contributed by atoms with Crippen molar-refractivity contribution >= 4 is 23.8 Å². The first kappa shape index (κ1) is 8.85. The van der Waals surface area contributed by atoms with Gasteiger partial charge in [-0.25, -0.2) is 0 Å². The Morgan fingerprint density at radius 1 is 1.29 bits per heavy atom. The van der Waals surface area contributed by atoms with E-state index in [9.17, 15) is 0 Å². The normalized spacial score (nSPS) is 9.71. The van der Waals surface area contributed by atoms with Crippen LogP contribution in [0.2, 0.25) is 0 Å². The highest BCUT2D eigenvalue weighted by atomic mass is 32.1. The molecule has 0 aliphatic rings. The topological polar surface area (TPSA) is 36.9 Å². The Morgan fingerprint density at radius 2 is 2.14 bits per heavy atom. The van der Waals surface area contributed by atoms with Crippen molar-refractivity contribution in [2.75, 3.05) is 0 Å². The van der Waals surface area contributed by atoms with Gasteiger partial charge < -0.3 is 0 Å². The number of nitrogens with zero attached hydrogens (tertiary/aromatic N) is 2. The Bertz CT molecular complexity index is 519. The molecule has 0 fully saturated rings. The number of benzene rings is 1. The van der Waals surface area contributed by atoms with Gasteiger partial charge in [-0.3, -0.25) is 0 Å². The summed E-state index contributed by atoms with van der Waals surface area (Å²) < 4.78 is 6.33. The number of fused-ring (bicyclic) bond motifs is 1. The van der Waals surface area contributed by atoms with E-state index < -0.39 is 0 Å². The van der Waals surface area contributed by atoms with Crippen molar-refractivity contribution in [3.05, 3.63) is 42.1 Å². The summed E-state index contributed by atoms with van der Waals surface area (Å²) in [6.07, 6.45) is 1.73. The molecule has 1 heterocycles. The van der Waals surface area contributed by atoms with Crippen LogP contribution in [0.1, 0.15) is 5.56 Å². The van der Waals surface area contributed by atoms with Crippen LogP contribution >= 0.6 is 12.9 Å². The zero-order valence-electron chi connectivity index (χ0n) is 7.21. The van der Waals surface area contributed by atoms with Crippen LogP contribution in [0.4, 0.5) is 0 Å². The van der Waals surface area contributed by atoms with Crippen LogP contribution in [0.25, 0.3) is 10.9 Å². The van der Waals surface area contributed by atoms with Crippen LogP contribution in [0.15, 0.2) is 36.5 Å². The first-order valence-corrected chi connectivity index (χ1v) is 4.39. The molecule has 2 aromatic rings. The van der Waals surface area contributed by atoms with Gasteiger partial charge in [0.1, 0.15) is 19.0 Å². The van der Waals surface area contributed by atoms with Crippen molar-refractivity contribution in [2.45, 2.75) is 0 Å². The van der Waals surface area contributed by atoms with Gasteiger partial charge >= 0.3 is 0 Å². The minimum Gasteiger partial charge on any atom is -0.198 e. The summed E-state index contributed by atoms with van der Waals surface area (Å²) in [5.74, 6) is 0. The summed E-state index contributed by atoms with van der Waals surface area (Å²) in [6.45, 7) is 0. The molecule has 0 unspecified atom stereocenters. The molecule has 0 amide bonds. The van der Waals surface area contributed by atoms with Crippen LogP contribution in [0, 0.1) is 11.3 Å². The zero-order chi connectivity index (χ0) is 9.97. The van der Waals surface area contributed by atoms with E-state index in [0.717, 1.165) is 10.9 Å². The van der Waals surface area contributed by atoms with Crippen LogP contribution in [0.3, 0.4) is 0 Å². The van der Waals surface area contributed by atoms with Gasteiger partial charge in [0.2, 0.25) is 6.20 Å². The van der Waals surface area contributed by atoms with E-state index in [4.69, 9.17) is 9.55 Å². The first-order valence-electron chi connectivity index (χ1n) is 4.02. The summed E-state index contributed by atoms with van der Waals surface area (Å²) in [4.78, 5) is 0. The fraction of sp³-hybridized carbons (Fsp3) is 0. The van der Waals surface area contributed by atoms with E-state index in [1.54, 1.807) is 18.3 Å². The Labute approximate surface area is 86.7 Å². The molecule has 14 heavy (non-hydrogen) atoms. The highest BCUT2D eigenvalue weighted by Crippen LogP contribution is 2.13. The third-order valence-electron chi connectivity index (χ3n) is 2.01. The van der Waals surface area contributed by atoms with Gasteiger partial charge in [0, 0.05) is 16.9 Å². The summed E-state index contributed by atoms with van der Waals surface area (Å²) in [5, 5.41) is 9.73. The fourth-order valence-corrected chi connectivity index (χ4v) is 1.53. The quantitative estimate of drug-likeness (QED) is 0.430. The second-order valence-electron chi connectivity index (χ2n) is 2.77. The van der Waals surface area contributed by atoms with Gasteiger partial charge in [0.05, 0.1) is 10.9 Å². The lowest BCUT2D eigenvalue weighted by molar-refractivity contribution is -0.831. The maximum atomic E-state index is 8.88. The molecule has 0 radical (unpaired) electrons. The number of thiol groups is 1. The summed E-state index contributed by atoms with van der Waals surface area (Å²) >= 11 is 3.73. The molecule has 0 atom stereocenters. The number of hydrogen-bond donors (Lipinski definition) is 1. The summed E-state index contributed by atoms with van der Waals surface area (Å²) in [6, 6.07) is 11.3. The molecular weight excluding hydrogens is 196 g/mol. The molecule has 2 rings (SSSR count). The Morgan fingerprint density at radius 3 is 2.86 bits per heavy atom. The number of aromatic nitrogens is 1. The number of rotatable bonds is 1. The molecule has 0 aliphatic heterocycles. The average Bonchev–Trinajstić information content (AvgIpc) is 2.27. The summed E-state index contributed by atoms with van der Waals surface area (Å²) in [7, 11) is 0. The molecule has 0 N–H and O–H groups in total. The zero-order valence-corrected chi connectivity index (χ0v) is 8.11. The SMILES string of the molecule is N#Cc1cccc2c1ccc[n+]2OS.